The molecule has 5 heteroatoms. The zero-order valence-electron chi connectivity index (χ0n) is 12.9. The zero-order chi connectivity index (χ0) is 16.2. The third kappa shape index (κ3) is 2.94. The van der Waals surface area contributed by atoms with Gasteiger partial charge >= 0.3 is 0 Å². The molecule has 3 aromatic carbocycles. The van der Waals surface area contributed by atoms with Crippen molar-refractivity contribution in [2.45, 2.75) is 0 Å². The Labute approximate surface area is 133 Å². The first-order chi connectivity index (χ1) is 11.2. The Hall–Kier alpha value is -3.08. The number of methoxy groups -OCH3 is 2. The van der Waals surface area contributed by atoms with Gasteiger partial charge in [0.25, 0.3) is 0 Å². The predicted octanol–water partition coefficient (Wildman–Crippen LogP) is 4.98. The molecule has 0 radical (unpaired) electrons. The van der Waals surface area contributed by atoms with Crippen molar-refractivity contribution in [1.82, 2.24) is 0 Å². The van der Waals surface area contributed by atoms with Crippen LogP contribution >= 0.6 is 0 Å². The lowest BCUT2D eigenvalue weighted by Gasteiger charge is -2.09. The number of hydrogen-bond donors (Lipinski definition) is 1. The van der Waals surface area contributed by atoms with Gasteiger partial charge in [0.1, 0.15) is 22.9 Å². The molecular formula is C18H16N2O3. The van der Waals surface area contributed by atoms with E-state index in [1.807, 2.05) is 24.3 Å². The largest absolute Gasteiger partial charge is 0.505 e. The van der Waals surface area contributed by atoms with Crippen molar-refractivity contribution in [3.8, 4) is 17.2 Å². The molecule has 3 rings (SSSR count). The standard InChI is InChI=1S/C18H16N2O3/c1-22-13-9-7-12(8-10-13)19-20-18-15-6-4-3-5-14(15)17(23-2)11-16(18)21/h3-11,21H,1-2H3. The smallest absolute Gasteiger partial charge is 0.147 e. The Bertz CT molecular complexity index is 858. The molecule has 0 spiro atoms. The first kappa shape index (κ1) is 14.8. The summed E-state index contributed by atoms with van der Waals surface area (Å²) in [6, 6.07) is 16.3. The summed E-state index contributed by atoms with van der Waals surface area (Å²) in [5.41, 5.74) is 1.09. The highest BCUT2D eigenvalue weighted by atomic mass is 16.5. The van der Waals surface area contributed by atoms with Crippen molar-refractivity contribution in [1.29, 1.82) is 0 Å². The van der Waals surface area contributed by atoms with E-state index in [-0.39, 0.29) is 5.75 Å². The van der Waals surface area contributed by atoms with E-state index in [1.165, 1.54) is 0 Å². The number of nitrogens with zero attached hydrogens (tertiary/aromatic N) is 2. The number of azo groups is 1. The van der Waals surface area contributed by atoms with E-state index >= 15 is 0 Å². The number of aromatic hydroxyl groups is 1. The lowest BCUT2D eigenvalue weighted by atomic mass is 10.1. The minimum absolute atomic E-state index is 0.0258. The summed E-state index contributed by atoms with van der Waals surface area (Å²) < 4.78 is 10.4. The summed E-state index contributed by atoms with van der Waals surface area (Å²) in [6.45, 7) is 0. The van der Waals surface area contributed by atoms with E-state index in [4.69, 9.17) is 9.47 Å². The molecule has 0 heterocycles. The van der Waals surface area contributed by atoms with Crippen LogP contribution in [0, 0.1) is 0 Å². The number of phenols is 1. The maximum absolute atomic E-state index is 10.2. The first-order valence-corrected chi connectivity index (χ1v) is 7.07. The molecule has 116 valence electrons. The SMILES string of the molecule is COc1ccc(N=Nc2c(O)cc(OC)c3ccccc23)cc1. The molecule has 3 aromatic rings. The van der Waals surface area contributed by atoms with Gasteiger partial charge in [-0.1, -0.05) is 24.3 Å². The van der Waals surface area contributed by atoms with Crippen molar-refractivity contribution < 1.29 is 14.6 Å². The molecule has 0 aromatic heterocycles. The molecule has 0 unspecified atom stereocenters. The summed E-state index contributed by atoms with van der Waals surface area (Å²) in [6.07, 6.45) is 0. The van der Waals surface area contributed by atoms with Crippen LogP contribution in [0.5, 0.6) is 17.2 Å². The summed E-state index contributed by atoms with van der Waals surface area (Å²) >= 11 is 0. The van der Waals surface area contributed by atoms with Gasteiger partial charge in [0, 0.05) is 16.8 Å². The normalized spacial score (nSPS) is 11.0. The van der Waals surface area contributed by atoms with Crippen LogP contribution < -0.4 is 9.47 Å². The average Bonchev–Trinajstić information content (AvgIpc) is 2.61. The van der Waals surface area contributed by atoms with E-state index < -0.39 is 0 Å². The second-order valence-corrected chi connectivity index (χ2v) is 4.89. The second-order valence-electron chi connectivity index (χ2n) is 4.89. The van der Waals surface area contributed by atoms with Gasteiger partial charge < -0.3 is 14.6 Å². The third-order valence-electron chi connectivity index (χ3n) is 3.52. The number of fused-ring (bicyclic) bond motifs is 1. The van der Waals surface area contributed by atoms with Crippen LogP contribution in [-0.2, 0) is 0 Å². The van der Waals surface area contributed by atoms with Gasteiger partial charge in [-0.25, -0.2) is 0 Å². The van der Waals surface area contributed by atoms with E-state index in [0.29, 0.717) is 17.1 Å². The Kier molecular flexibility index (Phi) is 4.10. The van der Waals surface area contributed by atoms with Crippen molar-refractivity contribution in [2.75, 3.05) is 14.2 Å². The van der Waals surface area contributed by atoms with Crippen LogP contribution in [0.15, 0.2) is 64.8 Å². The molecule has 0 aliphatic carbocycles. The van der Waals surface area contributed by atoms with Gasteiger partial charge in [-0.3, -0.25) is 0 Å². The molecule has 0 bridgehead atoms. The van der Waals surface area contributed by atoms with Crippen LogP contribution in [0.2, 0.25) is 0 Å². The van der Waals surface area contributed by atoms with E-state index in [1.54, 1.807) is 44.6 Å². The molecule has 5 nitrogen and oxygen atoms in total. The van der Waals surface area contributed by atoms with Gasteiger partial charge in [-0.15, -0.1) is 5.11 Å². The third-order valence-corrected chi connectivity index (χ3v) is 3.52. The molecule has 23 heavy (non-hydrogen) atoms. The van der Waals surface area contributed by atoms with Crippen LogP contribution in [0.4, 0.5) is 11.4 Å². The fourth-order valence-corrected chi connectivity index (χ4v) is 2.34. The number of rotatable bonds is 4. The van der Waals surface area contributed by atoms with Crippen LogP contribution in [0.1, 0.15) is 0 Å². The molecule has 1 N–H and O–H groups in total. The number of benzene rings is 3. The average molecular weight is 308 g/mol. The fraction of sp³-hybridized carbons (Fsp3) is 0.111. The highest BCUT2D eigenvalue weighted by Crippen LogP contribution is 2.41. The van der Waals surface area contributed by atoms with Gasteiger partial charge in [0.15, 0.2) is 0 Å². The fourth-order valence-electron chi connectivity index (χ4n) is 2.34. The highest BCUT2D eigenvalue weighted by molar-refractivity contribution is 5.99. The van der Waals surface area contributed by atoms with E-state index in [2.05, 4.69) is 10.2 Å². The molecule has 0 aliphatic heterocycles. The molecule has 0 fully saturated rings. The van der Waals surface area contributed by atoms with Crippen LogP contribution in [0.25, 0.3) is 10.8 Å². The predicted molar refractivity (Wildman–Crippen MR) is 89.3 cm³/mol. The monoisotopic (exact) mass is 308 g/mol. The topological polar surface area (TPSA) is 63.4 Å². The van der Waals surface area contributed by atoms with Gasteiger partial charge in [0.2, 0.25) is 0 Å². The van der Waals surface area contributed by atoms with Crippen LogP contribution in [-0.4, -0.2) is 19.3 Å². The molecule has 0 saturated heterocycles. The minimum Gasteiger partial charge on any atom is -0.505 e. The number of phenolic OH excluding ortho intramolecular Hbond substituents is 1. The first-order valence-electron chi connectivity index (χ1n) is 7.07. The summed E-state index contributed by atoms with van der Waals surface area (Å²) in [4.78, 5) is 0. The Morgan fingerprint density at radius 2 is 1.52 bits per heavy atom. The Morgan fingerprint density at radius 3 is 2.17 bits per heavy atom. The van der Waals surface area contributed by atoms with Crippen molar-refractivity contribution in [3.05, 3.63) is 54.6 Å². The second kappa shape index (κ2) is 6.36. The van der Waals surface area contributed by atoms with Crippen molar-refractivity contribution in [2.24, 2.45) is 10.2 Å². The van der Waals surface area contributed by atoms with Crippen molar-refractivity contribution in [3.63, 3.8) is 0 Å². The lowest BCUT2D eigenvalue weighted by Crippen LogP contribution is -1.85. The maximum Gasteiger partial charge on any atom is 0.147 e. The molecule has 0 amide bonds. The Morgan fingerprint density at radius 1 is 0.826 bits per heavy atom. The van der Waals surface area contributed by atoms with E-state index in [0.717, 1.165) is 16.5 Å². The van der Waals surface area contributed by atoms with Gasteiger partial charge in [-0.2, -0.15) is 5.11 Å². The highest BCUT2D eigenvalue weighted by Gasteiger charge is 2.11. The molecule has 0 saturated carbocycles. The molecule has 0 aliphatic rings. The maximum atomic E-state index is 10.2. The summed E-state index contributed by atoms with van der Waals surface area (Å²) in [5.74, 6) is 1.38. The summed E-state index contributed by atoms with van der Waals surface area (Å²) in [7, 11) is 3.18. The quantitative estimate of drug-likeness (QED) is 0.691. The van der Waals surface area contributed by atoms with Crippen LogP contribution in [0.3, 0.4) is 0 Å². The van der Waals surface area contributed by atoms with Gasteiger partial charge in [-0.05, 0) is 24.3 Å². The number of hydrogen-bond acceptors (Lipinski definition) is 5. The Balaban J connectivity index is 2.05. The molecule has 0 atom stereocenters. The van der Waals surface area contributed by atoms with Crippen molar-refractivity contribution >= 4 is 22.1 Å². The summed E-state index contributed by atoms with van der Waals surface area (Å²) in [5, 5.41) is 20.3. The number of ether oxygens (including phenoxy) is 2. The molecular weight excluding hydrogens is 292 g/mol. The van der Waals surface area contributed by atoms with Gasteiger partial charge in [0.05, 0.1) is 19.9 Å². The lowest BCUT2D eigenvalue weighted by molar-refractivity contribution is 0.413. The minimum atomic E-state index is 0.0258. The van der Waals surface area contributed by atoms with E-state index in [9.17, 15) is 5.11 Å². The zero-order valence-corrected chi connectivity index (χ0v) is 12.9.